The second-order valence-corrected chi connectivity index (χ2v) is 5.74. The van der Waals surface area contributed by atoms with Crippen molar-refractivity contribution in [2.24, 2.45) is 0 Å². The van der Waals surface area contributed by atoms with Crippen molar-refractivity contribution in [2.75, 3.05) is 12.1 Å². The Kier molecular flexibility index (Phi) is 3.34. The summed E-state index contributed by atoms with van der Waals surface area (Å²) in [6.07, 6.45) is 0. The summed E-state index contributed by atoms with van der Waals surface area (Å²) in [6.45, 7) is 4.01. The minimum Gasteiger partial charge on any atom is -0.454 e. The Morgan fingerprint density at radius 1 is 1.08 bits per heavy atom. The SMILES string of the molecule is Cc1nc2ccccc2c(C)c1C(=O)Nc1ccc2c(c1)OCO2. The lowest BCUT2D eigenvalue weighted by Crippen LogP contribution is -2.16. The maximum absolute atomic E-state index is 12.8. The first kappa shape index (κ1) is 14.5. The van der Waals surface area contributed by atoms with Gasteiger partial charge in [0, 0.05) is 17.1 Å². The number of nitrogens with zero attached hydrogens (tertiary/aromatic N) is 1. The highest BCUT2D eigenvalue weighted by atomic mass is 16.7. The van der Waals surface area contributed by atoms with E-state index in [9.17, 15) is 4.79 Å². The van der Waals surface area contributed by atoms with Gasteiger partial charge in [-0.2, -0.15) is 0 Å². The van der Waals surface area contributed by atoms with E-state index in [2.05, 4.69) is 10.3 Å². The Hall–Kier alpha value is -3.08. The molecule has 3 aromatic rings. The van der Waals surface area contributed by atoms with Crippen molar-refractivity contribution in [3.8, 4) is 11.5 Å². The smallest absolute Gasteiger partial charge is 0.257 e. The molecular formula is C19H16N2O3. The number of ether oxygens (including phenoxy) is 2. The Bertz CT molecular complexity index is 966. The van der Waals surface area contributed by atoms with Crippen LogP contribution in [0.3, 0.4) is 0 Å². The molecule has 24 heavy (non-hydrogen) atoms. The Morgan fingerprint density at radius 3 is 2.75 bits per heavy atom. The monoisotopic (exact) mass is 320 g/mol. The van der Waals surface area contributed by atoms with Crippen LogP contribution in [0, 0.1) is 13.8 Å². The number of nitrogens with one attached hydrogen (secondary N) is 1. The van der Waals surface area contributed by atoms with E-state index in [1.807, 2.05) is 38.1 Å². The largest absolute Gasteiger partial charge is 0.454 e. The number of anilines is 1. The summed E-state index contributed by atoms with van der Waals surface area (Å²) in [6, 6.07) is 13.2. The quantitative estimate of drug-likeness (QED) is 0.779. The van der Waals surface area contributed by atoms with Gasteiger partial charge in [0.1, 0.15) is 0 Å². The Labute approximate surface area is 139 Å². The predicted octanol–water partition coefficient (Wildman–Crippen LogP) is 3.83. The van der Waals surface area contributed by atoms with Crippen molar-refractivity contribution in [3.63, 3.8) is 0 Å². The number of hydrogen-bond donors (Lipinski definition) is 1. The lowest BCUT2D eigenvalue weighted by Gasteiger charge is -2.13. The molecule has 1 aliphatic heterocycles. The number of aryl methyl sites for hydroxylation is 2. The summed E-state index contributed by atoms with van der Waals surface area (Å²) in [5, 5.41) is 3.90. The van der Waals surface area contributed by atoms with E-state index in [1.54, 1.807) is 18.2 Å². The molecule has 0 bridgehead atoms. The van der Waals surface area contributed by atoms with E-state index in [0.717, 1.165) is 16.5 Å². The van der Waals surface area contributed by atoms with Gasteiger partial charge in [-0.1, -0.05) is 18.2 Å². The number of carbonyl (C=O) groups excluding carboxylic acids is 1. The highest BCUT2D eigenvalue weighted by Crippen LogP contribution is 2.34. The molecule has 5 nitrogen and oxygen atoms in total. The van der Waals surface area contributed by atoms with Crippen molar-refractivity contribution in [1.29, 1.82) is 0 Å². The molecule has 2 heterocycles. The Morgan fingerprint density at radius 2 is 1.88 bits per heavy atom. The lowest BCUT2D eigenvalue weighted by atomic mass is 10.0. The number of aromatic nitrogens is 1. The summed E-state index contributed by atoms with van der Waals surface area (Å²) in [7, 11) is 0. The molecule has 0 radical (unpaired) electrons. The van der Waals surface area contributed by atoms with Crippen molar-refractivity contribution in [2.45, 2.75) is 13.8 Å². The Balaban J connectivity index is 1.71. The van der Waals surface area contributed by atoms with E-state index in [0.29, 0.717) is 28.4 Å². The molecule has 0 saturated carbocycles. The zero-order valence-corrected chi connectivity index (χ0v) is 13.4. The number of benzene rings is 2. The average Bonchev–Trinajstić information content (AvgIpc) is 3.02. The molecule has 1 aliphatic rings. The van der Waals surface area contributed by atoms with Gasteiger partial charge in [-0.25, -0.2) is 0 Å². The minimum absolute atomic E-state index is 0.179. The number of pyridine rings is 1. The van der Waals surface area contributed by atoms with Crippen LogP contribution in [0.2, 0.25) is 0 Å². The van der Waals surface area contributed by atoms with Gasteiger partial charge in [-0.3, -0.25) is 9.78 Å². The van der Waals surface area contributed by atoms with Gasteiger partial charge in [0.25, 0.3) is 5.91 Å². The summed E-state index contributed by atoms with van der Waals surface area (Å²) in [5.41, 5.74) is 3.80. The summed E-state index contributed by atoms with van der Waals surface area (Å²) >= 11 is 0. The first-order valence-corrected chi connectivity index (χ1v) is 7.70. The molecule has 1 N–H and O–H groups in total. The van der Waals surface area contributed by atoms with Crippen molar-refractivity contribution >= 4 is 22.5 Å². The zero-order valence-electron chi connectivity index (χ0n) is 13.4. The molecule has 2 aromatic carbocycles. The van der Waals surface area contributed by atoms with Crippen LogP contribution in [-0.2, 0) is 0 Å². The molecule has 0 saturated heterocycles. The van der Waals surface area contributed by atoms with Crippen LogP contribution in [0.1, 0.15) is 21.6 Å². The van der Waals surface area contributed by atoms with Crippen LogP contribution in [-0.4, -0.2) is 17.7 Å². The minimum atomic E-state index is -0.179. The average molecular weight is 320 g/mol. The van der Waals surface area contributed by atoms with Gasteiger partial charge >= 0.3 is 0 Å². The van der Waals surface area contributed by atoms with Gasteiger partial charge in [0.05, 0.1) is 16.8 Å². The fourth-order valence-corrected chi connectivity index (χ4v) is 3.03. The second kappa shape index (κ2) is 5.53. The van der Waals surface area contributed by atoms with E-state index in [-0.39, 0.29) is 12.7 Å². The van der Waals surface area contributed by atoms with Crippen molar-refractivity contribution in [1.82, 2.24) is 4.98 Å². The maximum Gasteiger partial charge on any atom is 0.257 e. The fourth-order valence-electron chi connectivity index (χ4n) is 3.03. The molecule has 0 unspecified atom stereocenters. The third kappa shape index (κ3) is 2.34. The van der Waals surface area contributed by atoms with Crippen LogP contribution in [0.15, 0.2) is 42.5 Å². The third-order valence-corrected chi connectivity index (χ3v) is 4.19. The topological polar surface area (TPSA) is 60.5 Å². The van der Waals surface area contributed by atoms with Gasteiger partial charge in [-0.15, -0.1) is 0 Å². The highest BCUT2D eigenvalue weighted by Gasteiger charge is 2.18. The van der Waals surface area contributed by atoms with E-state index < -0.39 is 0 Å². The second-order valence-electron chi connectivity index (χ2n) is 5.74. The van der Waals surface area contributed by atoms with Crippen LogP contribution < -0.4 is 14.8 Å². The molecule has 1 amide bonds. The van der Waals surface area contributed by atoms with Crippen LogP contribution in [0.5, 0.6) is 11.5 Å². The van der Waals surface area contributed by atoms with Crippen LogP contribution in [0.4, 0.5) is 5.69 Å². The number of amides is 1. The van der Waals surface area contributed by atoms with Gasteiger partial charge in [-0.05, 0) is 37.6 Å². The van der Waals surface area contributed by atoms with Crippen molar-refractivity contribution < 1.29 is 14.3 Å². The van der Waals surface area contributed by atoms with Crippen LogP contribution in [0.25, 0.3) is 10.9 Å². The first-order valence-electron chi connectivity index (χ1n) is 7.70. The molecule has 0 spiro atoms. The van der Waals surface area contributed by atoms with Gasteiger partial charge in [0.2, 0.25) is 6.79 Å². The van der Waals surface area contributed by atoms with Crippen molar-refractivity contribution in [3.05, 3.63) is 59.3 Å². The standard InChI is InChI=1S/C19H16N2O3/c1-11-14-5-3-4-6-15(14)20-12(2)18(11)19(22)21-13-7-8-16-17(9-13)24-10-23-16/h3-9H,10H2,1-2H3,(H,21,22). The summed E-state index contributed by atoms with van der Waals surface area (Å²) < 4.78 is 10.6. The molecule has 4 rings (SSSR count). The number of para-hydroxylation sites is 1. The third-order valence-electron chi connectivity index (χ3n) is 4.19. The van der Waals surface area contributed by atoms with Gasteiger partial charge in [0.15, 0.2) is 11.5 Å². The highest BCUT2D eigenvalue weighted by molar-refractivity contribution is 6.08. The number of carbonyl (C=O) groups is 1. The molecule has 5 heteroatoms. The molecular weight excluding hydrogens is 304 g/mol. The molecule has 0 atom stereocenters. The normalized spacial score (nSPS) is 12.4. The van der Waals surface area contributed by atoms with E-state index in [4.69, 9.17) is 9.47 Å². The first-order chi connectivity index (χ1) is 11.6. The van der Waals surface area contributed by atoms with E-state index in [1.165, 1.54) is 0 Å². The maximum atomic E-state index is 12.8. The summed E-state index contributed by atoms with van der Waals surface area (Å²) in [5.74, 6) is 1.15. The number of fused-ring (bicyclic) bond motifs is 2. The number of hydrogen-bond acceptors (Lipinski definition) is 4. The zero-order chi connectivity index (χ0) is 16.7. The molecule has 0 aliphatic carbocycles. The predicted molar refractivity (Wildman–Crippen MR) is 91.7 cm³/mol. The molecule has 0 fully saturated rings. The van der Waals surface area contributed by atoms with Crippen LogP contribution >= 0.6 is 0 Å². The molecule has 120 valence electrons. The van der Waals surface area contributed by atoms with E-state index >= 15 is 0 Å². The summed E-state index contributed by atoms with van der Waals surface area (Å²) in [4.78, 5) is 17.3. The fraction of sp³-hybridized carbons (Fsp3) is 0.158. The van der Waals surface area contributed by atoms with Gasteiger partial charge < -0.3 is 14.8 Å². The molecule has 1 aromatic heterocycles. The number of rotatable bonds is 2. The lowest BCUT2D eigenvalue weighted by molar-refractivity contribution is 0.102.